The Hall–Kier alpha value is -2.95. The van der Waals surface area contributed by atoms with Crippen LogP contribution in [-0.2, 0) is 11.3 Å². The van der Waals surface area contributed by atoms with Gasteiger partial charge in [-0.15, -0.1) is 0 Å². The Morgan fingerprint density at radius 3 is 2.88 bits per heavy atom. The van der Waals surface area contributed by atoms with E-state index in [1.807, 2.05) is 0 Å². The molecule has 0 aliphatic heterocycles. The van der Waals surface area contributed by atoms with Crippen LogP contribution in [0.1, 0.15) is 11.4 Å². The van der Waals surface area contributed by atoms with Crippen LogP contribution in [0, 0.1) is 6.92 Å². The van der Waals surface area contributed by atoms with E-state index in [0.717, 1.165) is 4.47 Å². The smallest absolute Gasteiger partial charge is 0.413 e. The van der Waals surface area contributed by atoms with E-state index in [1.165, 1.54) is 11.8 Å². The fourth-order valence-electron chi connectivity index (χ4n) is 2.44. The highest BCUT2D eigenvalue weighted by Crippen LogP contribution is 2.23. The molecule has 1 amide bonds. The van der Waals surface area contributed by atoms with Gasteiger partial charge in [0.25, 0.3) is 5.56 Å². The third-order valence-corrected chi connectivity index (χ3v) is 4.02. The lowest BCUT2D eigenvalue weighted by molar-refractivity contribution is 0.186. The number of hydrogen-bond donors (Lipinski definition) is 2. The number of ether oxygens (including phenoxy) is 2. The van der Waals surface area contributed by atoms with Gasteiger partial charge in [0.2, 0.25) is 5.95 Å². The lowest BCUT2D eigenvalue weighted by Gasteiger charge is -2.08. The zero-order valence-corrected chi connectivity index (χ0v) is 15.7. The van der Waals surface area contributed by atoms with Crippen LogP contribution >= 0.6 is 15.9 Å². The number of amides is 1. The molecule has 0 aliphatic rings. The molecule has 0 bridgehead atoms. The number of hydrogen-bond acceptors (Lipinski definition) is 7. The van der Waals surface area contributed by atoms with Gasteiger partial charge in [0.1, 0.15) is 17.0 Å². The first-order valence-corrected chi connectivity index (χ1v) is 8.23. The van der Waals surface area contributed by atoms with Gasteiger partial charge in [0.15, 0.2) is 5.52 Å². The highest BCUT2D eigenvalue weighted by atomic mass is 79.9. The molecule has 26 heavy (non-hydrogen) atoms. The lowest BCUT2D eigenvalue weighted by atomic mass is 10.3. The molecule has 0 atom stereocenters. The SMILES string of the molecule is COC(=O)Nc1nc2c(C)nn(Cc3ncc(Br)cc3OC)c2c(=O)[nH]1. The fourth-order valence-corrected chi connectivity index (χ4v) is 2.76. The van der Waals surface area contributed by atoms with Gasteiger partial charge in [0.05, 0.1) is 26.5 Å². The zero-order chi connectivity index (χ0) is 18.8. The Balaban J connectivity index is 2.06. The quantitative estimate of drug-likeness (QED) is 0.656. The summed E-state index contributed by atoms with van der Waals surface area (Å²) in [6.07, 6.45) is 0.901. The molecule has 0 saturated carbocycles. The minimum Gasteiger partial charge on any atom is -0.495 e. The average Bonchev–Trinajstić information content (AvgIpc) is 2.92. The first-order chi connectivity index (χ1) is 12.4. The molecule has 3 heterocycles. The van der Waals surface area contributed by atoms with Crippen molar-refractivity contribution in [3.63, 3.8) is 0 Å². The van der Waals surface area contributed by atoms with E-state index >= 15 is 0 Å². The summed E-state index contributed by atoms with van der Waals surface area (Å²) in [5.74, 6) is 0.547. The molecule has 0 saturated heterocycles. The summed E-state index contributed by atoms with van der Waals surface area (Å²) in [6.45, 7) is 1.94. The van der Waals surface area contributed by atoms with Gasteiger partial charge in [0, 0.05) is 10.7 Å². The number of carbonyl (C=O) groups excluding carboxylic acids is 1. The molecule has 11 heteroatoms. The number of rotatable bonds is 4. The number of aryl methyl sites for hydroxylation is 1. The maximum Gasteiger partial charge on any atom is 0.413 e. The van der Waals surface area contributed by atoms with Crippen molar-refractivity contribution < 1.29 is 14.3 Å². The predicted octanol–water partition coefficient (Wildman–Crippen LogP) is 1.82. The molecule has 0 fully saturated rings. The van der Waals surface area contributed by atoms with E-state index in [9.17, 15) is 9.59 Å². The van der Waals surface area contributed by atoms with Crippen molar-refractivity contribution in [3.05, 3.63) is 38.5 Å². The van der Waals surface area contributed by atoms with Crippen LogP contribution in [0.3, 0.4) is 0 Å². The highest BCUT2D eigenvalue weighted by Gasteiger charge is 2.17. The summed E-state index contributed by atoms with van der Waals surface area (Å²) in [6, 6.07) is 1.78. The van der Waals surface area contributed by atoms with Crippen molar-refractivity contribution in [1.82, 2.24) is 24.7 Å². The van der Waals surface area contributed by atoms with E-state index in [-0.39, 0.29) is 18.0 Å². The third-order valence-electron chi connectivity index (χ3n) is 3.59. The van der Waals surface area contributed by atoms with Crippen LogP contribution in [0.4, 0.5) is 10.7 Å². The third kappa shape index (κ3) is 3.38. The summed E-state index contributed by atoms with van der Waals surface area (Å²) >= 11 is 3.34. The second-order valence-corrected chi connectivity index (χ2v) is 6.19. The predicted molar refractivity (Wildman–Crippen MR) is 96.5 cm³/mol. The molecule has 0 aromatic carbocycles. The van der Waals surface area contributed by atoms with Gasteiger partial charge in [-0.05, 0) is 28.9 Å². The number of H-pyrrole nitrogens is 1. The molecule has 3 aromatic heterocycles. The number of methoxy groups -OCH3 is 2. The van der Waals surface area contributed by atoms with Crippen LogP contribution in [0.5, 0.6) is 5.75 Å². The van der Waals surface area contributed by atoms with Crippen molar-refractivity contribution in [1.29, 1.82) is 0 Å². The van der Waals surface area contributed by atoms with Gasteiger partial charge in [-0.3, -0.25) is 24.8 Å². The molecule has 0 unspecified atom stereocenters. The normalized spacial score (nSPS) is 10.8. The number of carbonyl (C=O) groups is 1. The largest absolute Gasteiger partial charge is 0.495 e. The highest BCUT2D eigenvalue weighted by molar-refractivity contribution is 9.10. The standard InChI is InChI=1S/C15H15BrN6O4/c1-7-11-12(13(23)19-14(18-11)20-15(24)26-3)22(21-7)6-9-10(25-2)4-8(16)5-17-9/h4-5H,6H2,1-3H3,(H2,18,19,20,23,24). The van der Waals surface area contributed by atoms with Crippen LogP contribution in [0.25, 0.3) is 11.0 Å². The first-order valence-electron chi connectivity index (χ1n) is 7.43. The molecule has 0 spiro atoms. The molecule has 136 valence electrons. The van der Waals surface area contributed by atoms with Gasteiger partial charge in [-0.1, -0.05) is 0 Å². The molecule has 0 radical (unpaired) electrons. The Morgan fingerprint density at radius 1 is 1.42 bits per heavy atom. The maximum absolute atomic E-state index is 12.5. The van der Waals surface area contributed by atoms with Crippen molar-refractivity contribution in [2.24, 2.45) is 0 Å². The summed E-state index contributed by atoms with van der Waals surface area (Å²) in [4.78, 5) is 34.9. The first kappa shape index (κ1) is 17.9. The summed E-state index contributed by atoms with van der Waals surface area (Å²) < 4.78 is 12.1. The molecular weight excluding hydrogens is 408 g/mol. The topological polar surface area (TPSA) is 124 Å². The molecule has 2 N–H and O–H groups in total. The van der Waals surface area contributed by atoms with Crippen LogP contribution in [0.2, 0.25) is 0 Å². The van der Waals surface area contributed by atoms with Crippen LogP contribution in [-0.4, -0.2) is 45.0 Å². The van der Waals surface area contributed by atoms with Crippen LogP contribution < -0.4 is 15.6 Å². The van der Waals surface area contributed by atoms with E-state index in [4.69, 9.17) is 4.74 Å². The molecular formula is C15H15BrN6O4. The monoisotopic (exact) mass is 422 g/mol. The summed E-state index contributed by atoms with van der Waals surface area (Å²) in [5.41, 5.74) is 1.34. The van der Waals surface area contributed by atoms with Crippen LogP contribution in [0.15, 0.2) is 21.5 Å². The van der Waals surface area contributed by atoms with Crippen molar-refractivity contribution in [3.8, 4) is 5.75 Å². The van der Waals surface area contributed by atoms with E-state index in [1.54, 1.807) is 26.3 Å². The zero-order valence-electron chi connectivity index (χ0n) is 14.2. The number of aromatic amines is 1. The lowest BCUT2D eigenvalue weighted by Crippen LogP contribution is -2.19. The van der Waals surface area contributed by atoms with Gasteiger partial charge < -0.3 is 9.47 Å². The Bertz CT molecular complexity index is 1040. The second-order valence-electron chi connectivity index (χ2n) is 5.27. The number of halogens is 1. The van der Waals surface area contributed by atoms with Gasteiger partial charge in [-0.25, -0.2) is 9.78 Å². The van der Waals surface area contributed by atoms with E-state index in [0.29, 0.717) is 22.7 Å². The molecule has 3 aromatic rings. The molecule has 0 aliphatic carbocycles. The minimum absolute atomic E-state index is 0.0173. The number of nitrogens with zero attached hydrogens (tertiary/aromatic N) is 4. The van der Waals surface area contributed by atoms with Crippen molar-refractivity contribution in [2.45, 2.75) is 13.5 Å². The Labute approximate surface area is 155 Å². The van der Waals surface area contributed by atoms with Gasteiger partial charge in [-0.2, -0.15) is 5.10 Å². The summed E-state index contributed by atoms with van der Waals surface area (Å²) in [7, 11) is 2.76. The minimum atomic E-state index is -0.735. The molecule has 10 nitrogen and oxygen atoms in total. The second kappa shape index (κ2) is 7.12. The van der Waals surface area contributed by atoms with E-state index in [2.05, 4.69) is 46.0 Å². The average molecular weight is 423 g/mol. The number of anilines is 1. The van der Waals surface area contributed by atoms with Crippen molar-refractivity contribution in [2.75, 3.05) is 19.5 Å². The number of pyridine rings is 1. The van der Waals surface area contributed by atoms with E-state index < -0.39 is 11.7 Å². The van der Waals surface area contributed by atoms with Gasteiger partial charge >= 0.3 is 6.09 Å². The number of fused-ring (bicyclic) bond motifs is 1. The Kier molecular flexibility index (Phi) is 4.89. The number of aromatic nitrogens is 5. The number of nitrogens with one attached hydrogen (secondary N) is 2. The van der Waals surface area contributed by atoms with Crippen molar-refractivity contribution >= 4 is 39.0 Å². The molecule has 3 rings (SSSR count). The summed E-state index contributed by atoms with van der Waals surface area (Å²) in [5, 5.41) is 6.70. The Morgan fingerprint density at radius 2 is 2.19 bits per heavy atom. The fraction of sp³-hybridized carbons (Fsp3) is 0.267. The maximum atomic E-state index is 12.5.